The van der Waals surface area contributed by atoms with Gasteiger partial charge in [-0.1, -0.05) is 76.4 Å². The van der Waals surface area contributed by atoms with Gasteiger partial charge in [-0.3, -0.25) is 15.6 Å². The van der Waals surface area contributed by atoms with Crippen LogP contribution in [0.5, 0.6) is 0 Å². The maximum absolute atomic E-state index is 14.3. The van der Waals surface area contributed by atoms with Gasteiger partial charge in [0, 0.05) is 126 Å². The van der Waals surface area contributed by atoms with Gasteiger partial charge in [-0.05, 0) is 74.9 Å². The third kappa shape index (κ3) is 12.4. The molecule has 18 nitrogen and oxygen atoms in total. The van der Waals surface area contributed by atoms with Gasteiger partial charge in [0.1, 0.15) is 23.3 Å². The molecule has 0 atom stereocenters. The van der Waals surface area contributed by atoms with Crippen molar-refractivity contribution < 1.29 is 34.2 Å². The lowest BCUT2D eigenvalue weighted by Crippen LogP contribution is -2.29. The first-order valence-electron chi connectivity index (χ1n) is 27.3. The number of rotatable bonds is 15. The minimum Gasteiger partial charge on any atom is -0.366 e. The number of fused-ring (bicyclic) bond motifs is 3. The van der Waals surface area contributed by atoms with E-state index in [1.807, 2.05) is 70.8 Å². The van der Waals surface area contributed by atoms with Crippen LogP contribution < -0.4 is 30.1 Å². The molecule has 80 heavy (non-hydrogen) atoms. The lowest BCUT2D eigenvalue weighted by molar-refractivity contribution is -0.905. The molecule has 12 rings (SSSR count). The number of anilines is 3. The SMILES string of the molecule is CCc1cnn2c(NCc3ccc[n+](O)c3)cc(-c3ccccc3C)nc12.CCc1cnn2c(NCc3ccc[n+](O)c3)cc(-c3ccccc3F)nc12.CCc1cnn2c(NCc3ccc[n+](O)c3)cc(C3CCCCC3)nc12. The second kappa shape index (κ2) is 24.9. The van der Waals surface area contributed by atoms with Crippen LogP contribution in [0.2, 0.25) is 0 Å². The van der Waals surface area contributed by atoms with Crippen molar-refractivity contribution in [2.24, 2.45) is 0 Å². The van der Waals surface area contributed by atoms with Gasteiger partial charge in [0.15, 0.2) is 16.9 Å². The standard InChI is InChI=1S/C21H22N5O.C20H19FN5O.C20H26N5O/c1-3-17-13-23-26-20(22-12-16-8-6-10-25(27)14-16)11-19(24-21(17)26)18-9-5-4-7-15(18)2;1-2-15-12-23-26-19(22-11-14-6-5-9-25(27)13-14)10-18(24-20(15)26)16-7-3-4-8-17(16)21;1-2-16-13-22-25-19(21-12-15-7-6-10-24(26)14-15)11-18(23-20(16)25)17-8-4-3-5-9-17/h4-11,13-14,22,27H,3,12H2,1-2H3;3-10,12-13,22,27H,2,11H2,1H3;6-7,10-11,13-14,17,21,26H,2-5,8-9,12H2,1H3/q3*+1. The van der Waals surface area contributed by atoms with Crippen LogP contribution in [0.4, 0.5) is 21.8 Å². The average Bonchev–Trinajstić information content (AvgIpc) is 4.42. The van der Waals surface area contributed by atoms with Gasteiger partial charge in [-0.25, -0.2) is 19.3 Å². The average molecular weight is 1080 g/mol. The summed E-state index contributed by atoms with van der Waals surface area (Å²) in [5.74, 6) is 2.76. The van der Waals surface area contributed by atoms with Gasteiger partial charge in [0.2, 0.25) is 37.2 Å². The summed E-state index contributed by atoms with van der Waals surface area (Å²) in [6.07, 6.45) is 24.3. The normalized spacial score (nSPS) is 12.5. The second-order valence-corrected chi connectivity index (χ2v) is 19.9. The van der Waals surface area contributed by atoms with Gasteiger partial charge in [0.05, 0.1) is 30.0 Å². The molecule has 2 aromatic carbocycles. The number of hydrogen-bond donors (Lipinski definition) is 6. The van der Waals surface area contributed by atoms with E-state index in [0.29, 0.717) is 48.3 Å². The molecule has 0 spiro atoms. The molecular weight excluding hydrogens is 1010 g/mol. The largest absolute Gasteiger partial charge is 0.366 e. The van der Waals surface area contributed by atoms with Crippen LogP contribution in [0.15, 0.2) is 159 Å². The number of aromatic nitrogens is 12. The molecule has 0 bridgehead atoms. The van der Waals surface area contributed by atoms with Crippen molar-refractivity contribution in [1.82, 2.24) is 43.8 Å². The molecule has 0 unspecified atom stereocenters. The molecule has 0 saturated heterocycles. The lowest BCUT2D eigenvalue weighted by Gasteiger charge is -2.22. The van der Waals surface area contributed by atoms with Crippen LogP contribution in [-0.4, -0.2) is 59.4 Å². The lowest BCUT2D eigenvalue weighted by atomic mass is 9.87. The zero-order valence-electron chi connectivity index (χ0n) is 45.5. The highest BCUT2D eigenvalue weighted by Gasteiger charge is 2.21. The monoisotopic (exact) mass is 1080 g/mol. The number of hydrogen-bond acceptors (Lipinski definition) is 12. The van der Waals surface area contributed by atoms with E-state index in [-0.39, 0.29) is 5.82 Å². The zero-order valence-corrected chi connectivity index (χ0v) is 45.5. The minimum absolute atomic E-state index is 0.317. The number of nitrogens with zero attached hydrogens (tertiary/aromatic N) is 12. The Bertz CT molecular complexity index is 3730. The van der Waals surface area contributed by atoms with E-state index >= 15 is 0 Å². The fraction of sp³-hybridized carbons (Fsp3) is 0.262. The molecule has 19 heteroatoms. The van der Waals surface area contributed by atoms with Gasteiger partial charge in [-0.2, -0.15) is 28.8 Å². The first-order valence-corrected chi connectivity index (χ1v) is 27.3. The molecule has 1 fully saturated rings. The molecule has 1 saturated carbocycles. The highest BCUT2D eigenvalue weighted by molar-refractivity contribution is 5.71. The molecule has 0 amide bonds. The highest BCUT2D eigenvalue weighted by atomic mass is 19.1. The van der Waals surface area contributed by atoms with Crippen LogP contribution in [0.1, 0.15) is 103 Å². The summed E-state index contributed by atoms with van der Waals surface area (Å²) in [6.45, 7) is 10.0. The summed E-state index contributed by atoms with van der Waals surface area (Å²) in [5.41, 5.74) is 14.0. The Morgan fingerprint density at radius 2 is 0.925 bits per heavy atom. The molecular formula is C61H67FN15O3+3. The quantitative estimate of drug-likeness (QED) is 0.0420. The van der Waals surface area contributed by atoms with E-state index in [0.717, 1.165) is 95.5 Å². The number of nitrogens with one attached hydrogen (secondary N) is 3. The Balaban J connectivity index is 0.000000135. The van der Waals surface area contributed by atoms with Gasteiger partial charge in [0.25, 0.3) is 0 Å². The third-order valence-corrected chi connectivity index (χ3v) is 14.4. The Hall–Kier alpha value is -9.52. The van der Waals surface area contributed by atoms with Crippen LogP contribution in [0.3, 0.4) is 0 Å². The van der Waals surface area contributed by atoms with Crippen molar-refractivity contribution in [3.63, 3.8) is 0 Å². The van der Waals surface area contributed by atoms with Gasteiger partial charge in [-0.15, -0.1) is 0 Å². The van der Waals surface area contributed by atoms with Crippen LogP contribution in [-0.2, 0) is 38.9 Å². The molecule has 11 aromatic rings. The summed E-state index contributed by atoms with van der Waals surface area (Å²) >= 11 is 0. The topological polar surface area (TPSA) is 199 Å². The van der Waals surface area contributed by atoms with E-state index < -0.39 is 0 Å². The predicted molar refractivity (Wildman–Crippen MR) is 302 cm³/mol. The Labute approximate surface area is 463 Å². The molecule has 0 radical (unpaired) electrons. The highest BCUT2D eigenvalue weighted by Crippen LogP contribution is 2.34. The minimum atomic E-state index is -0.317. The molecule has 0 aliphatic heterocycles. The van der Waals surface area contributed by atoms with Crippen LogP contribution >= 0.6 is 0 Å². The molecule has 1 aliphatic carbocycles. The number of aryl methyl sites for hydroxylation is 4. The third-order valence-electron chi connectivity index (χ3n) is 14.4. The van der Waals surface area contributed by atoms with Gasteiger partial charge >= 0.3 is 0 Å². The van der Waals surface area contributed by atoms with Crippen molar-refractivity contribution in [3.05, 3.63) is 209 Å². The number of pyridine rings is 3. The first-order chi connectivity index (χ1) is 39.0. The van der Waals surface area contributed by atoms with E-state index in [4.69, 9.17) is 9.97 Å². The van der Waals surface area contributed by atoms with E-state index in [1.54, 1.807) is 84.3 Å². The molecule has 6 N–H and O–H groups in total. The summed E-state index contributed by atoms with van der Waals surface area (Å²) < 4.78 is 22.9. The van der Waals surface area contributed by atoms with E-state index in [9.17, 15) is 20.0 Å². The number of benzene rings is 2. The van der Waals surface area contributed by atoms with Crippen LogP contribution in [0.25, 0.3) is 39.5 Å². The molecule has 9 aromatic heterocycles. The Morgan fingerprint density at radius 3 is 1.36 bits per heavy atom. The van der Waals surface area contributed by atoms with Crippen molar-refractivity contribution in [3.8, 4) is 22.5 Å². The molecule has 1 aliphatic rings. The van der Waals surface area contributed by atoms with Crippen molar-refractivity contribution in [2.75, 3.05) is 16.0 Å². The summed E-state index contributed by atoms with van der Waals surface area (Å²) in [4.78, 5) is 14.5. The fourth-order valence-electron chi connectivity index (χ4n) is 10.0. The van der Waals surface area contributed by atoms with Crippen molar-refractivity contribution >= 4 is 34.4 Å². The maximum atomic E-state index is 14.3. The van der Waals surface area contributed by atoms with Crippen molar-refractivity contribution in [1.29, 1.82) is 0 Å². The van der Waals surface area contributed by atoms with E-state index in [1.165, 1.54) is 55.0 Å². The van der Waals surface area contributed by atoms with Crippen LogP contribution in [0, 0.1) is 12.7 Å². The summed E-state index contributed by atoms with van der Waals surface area (Å²) in [6, 6.07) is 32.0. The van der Waals surface area contributed by atoms with Crippen molar-refractivity contribution in [2.45, 2.75) is 105 Å². The second-order valence-electron chi connectivity index (χ2n) is 19.9. The maximum Gasteiger partial charge on any atom is 0.227 e. The predicted octanol–water partition coefficient (Wildman–Crippen LogP) is 10.1. The van der Waals surface area contributed by atoms with E-state index in [2.05, 4.69) is 75.2 Å². The fourth-order valence-corrected chi connectivity index (χ4v) is 10.0. The Morgan fingerprint density at radius 1 is 0.512 bits per heavy atom. The smallest absolute Gasteiger partial charge is 0.227 e. The molecule has 9 heterocycles. The summed E-state index contributed by atoms with van der Waals surface area (Å²) in [7, 11) is 0. The summed E-state index contributed by atoms with van der Waals surface area (Å²) in [5, 5.41) is 52.5. The Kier molecular flexibility index (Phi) is 16.7. The first kappa shape index (κ1) is 53.9. The molecule has 408 valence electrons. The zero-order chi connectivity index (χ0) is 55.5. The van der Waals surface area contributed by atoms with Gasteiger partial charge < -0.3 is 16.0 Å². The number of halogens is 1.